The minimum atomic E-state index is 0.0219. The van der Waals surface area contributed by atoms with E-state index in [0.29, 0.717) is 12.1 Å². The molecule has 1 atom stereocenters. The Morgan fingerprint density at radius 1 is 1.07 bits per heavy atom. The Morgan fingerprint density at radius 2 is 1.89 bits per heavy atom. The van der Waals surface area contributed by atoms with Gasteiger partial charge in [0, 0.05) is 30.6 Å². The van der Waals surface area contributed by atoms with Gasteiger partial charge in [0.15, 0.2) is 5.78 Å². The van der Waals surface area contributed by atoms with Crippen molar-refractivity contribution in [1.29, 1.82) is 0 Å². The van der Waals surface area contributed by atoms with Crippen molar-refractivity contribution in [2.24, 2.45) is 0 Å². The highest BCUT2D eigenvalue weighted by Crippen LogP contribution is 2.19. The number of aryl methyl sites for hydroxylation is 1. The highest BCUT2D eigenvalue weighted by atomic mass is 16.2. The number of ketones is 1. The summed E-state index contributed by atoms with van der Waals surface area (Å²) in [5.41, 5.74) is 2.68. The van der Waals surface area contributed by atoms with Crippen LogP contribution in [0.1, 0.15) is 53.7 Å². The molecule has 1 aliphatic heterocycles. The molecule has 1 amide bonds. The summed E-state index contributed by atoms with van der Waals surface area (Å²) in [4.78, 5) is 31.9. The van der Waals surface area contributed by atoms with Gasteiger partial charge in [-0.25, -0.2) is 0 Å². The molecular weight excluding hydrogens is 350 g/mol. The fraction of sp³-hybridized carbons (Fsp3) is 0.435. The first-order chi connectivity index (χ1) is 13.6. The number of nitrogens with zero attached hydrogens (tertiary/aromatic N) is 2. The van der Waals surface area contributed by atoms with E-state index >= 15 is 0 Å². The second-order valence-electron chi connectivity index (χ2n) is 7.47. The van der Waals surface area contributed by atoms with Crippen LogP contribution in [0.25, 0.3) is 0 Å². The van der Waals surface area contributed by atoms with Crippen LogP contribution in [0.2, 0.25) is 0 Å². The number of benzene rings is 1. The number of rotatable bonds is 7. The highest BCUT2D eigenvalue weighted by Gasteiger charge is 2.25. The molecule has 1 aliphatic rings. The van der Waals surface area contributed by atoms with Gasteiger partial charge in [-0.3, -0.25) is 14.6 Å². The molecule has 0 bridgehead atoms. The third kappa shape index (κ3) is 5.73. The lowest BCUT2D eigenvalue weighted by Crippen LogP contribution is -2.40. The van der Waals surface area contributed by atoms with Crippen LogP contribution in [0.4, 0.5) is 0 Å². The molecule has 3 rings (SSSR count). The maximum absolute atomic E-state index is 13.1. The Morgan fingerprint density at radius 3 is 2.64 bits per heavy atom. The minimum Gasteiger partial charge on any atom is -0.334 e. The van der Waals surface area contributed by atoms with Crippen molar-refractivity contribution in [2.45, 2.75) is 51.6 Å². The molecule has 1 fully saturated rings. The van der Waals surface area contributed by atoms with E-state index in [1.54, 1.807) is 6.20 Å². The van der Waals surface area contributed by atoms with Gasteiger partial charge in [-0.1, -0.05) is 35.9 Å². The van der Waals surface area contributed by atoms with Crippen molar-refractivity contribution in [2.75, 3.05) is 13.1 Å². The summed E-state index contributed by atoms with van der Waals surface area (Å²) in [6.07, 6.45) is 5.21. The molecule has 28 heavy (non-hydrogen) atoms. The second kappa shape index (κ2) is 10.1. The Balaban J connectivity index is 1.66. The Bertz CT molecular complexity index is 766. The average Bonchev–Trinajstić information content (AvgIpc) is 3.00. The quantitative estimate of drug-likeness (QED) is 0.748. The molecule has 2 aromatic rings. The van der Waals surface area contributed by atoms with Crippen LogP contribution in [0.3, 0.4) is 0 Å². The molecule has 0 aliphatic carbocycles. The van der Waals surface area contributed by atoms with E-state index in [4.69, 9.17) is 0 Å². The standard InChI is InChI=1S/C23H29N3O2/c1-18-7-9-19(10-8-18)22(27)11-12-23(28)26(17-20-5-2-3-15-25-20)21-6-4-14-24-16-13-21/h2-3,5,7-10,15,21,24H,4,6,11-14,16-17H2,1H3. The largest absolute Gasteiger partial charge is 0.334 e. The van der Waals surface area contributed by atoms with Gasteiger partial charge >= 0.3 is 0 Å². The summed E-state index contributed by atoms with van der Waals surface area (Å²) < 4.78 is 0. The summed E-state index contributed by atoms with van der Waals surface area (Å²) in [6.45, 7) is 4.41. The van der Waals surface area contributed by atoms with Crippen molar-refractivity contribution < 1.29 is 9.59 Å². The van der Waals surface area contributed by atoms with Crippen molar-refractivity contribution in [1.82, 2.24) is 15.2 Å². The van der Waals surface area contributed by atoms with E-state index in [1.165, 1.54) is 0 Å². The number of aromatic nitrogens is 1. The van der Waals surface area contributed by atoms with Crippen LogP contribution in [0.5, 0.6) is 0 Å². The lowest BCUT2D eigenvalue weighted by molar-refractivity contribution is -0.134. The fourth-order valence-corrected chi connectivity index (χ4v) is 3.65. The zero-order valence-corrected chi connectivity index (χ0v) is 16.6. The molecule has 0 spiro atoms. The maximum atomic E-state index is 13.1. The van der Waals surface area contributed by atoms with Crippen molar-refractivity contribution in [3.05, 3.63) is 65.5 Å². The lowest BCUT2D eigenvalue weighted by Gasteiger charge is -2.31. The molecule has 0 saturated carbocycles. The first-order valence-corrected chi connectivity index (χ1v) is 10.1. The normalized spacial score (nSPS) is 17.0. The zero-order chi connectivity index (χ0) is 19.8. The van der Waals surface area contributed by atoms with E-state index in [-0.39, 0.29) is 30.6 Å². The van der Waals surface area contributed by atoms with Crippen molar-refractivity contribution in [3.8, 4) is 0 Å². The van der Waals surface area contributed by atoms with Crippen LogP contribution in [-0.4, -0.2) is 40.7 Å². The first kappa shape index (κ1) is 20.2. The third-order valence-electron chi connectivity index (χ3n) is 5.30. The molecule has 1 aromatic heterocycles. The predicted octanol–water partition coefficient (Wildman–Crippen LogP) is 3.52. The average molecular weight is 380 g/mol. The molecule has 5 nitrogen and oxygen atoms in total. The number of hydrogen-bond donors (Lipinski definition) is 1. The molecule has 1 saturated heterocycles. The van der Waals surface area contributed by atoms with Gasteiger partial charge in [0.2, 0.25) is 5.91 Å². The SMILES string of the molecule is Cc1ccc(C(=O)CCC(=O)N(Cc2ccccn2)C2CCCNCC2)cc1. The van der Waals surface area contributed by atoms with Crippen LogP contribution in [-0.2, 0) is 11.3 Å². The fourth-order valence-electron chi connectivity index (χ4n) is 3.65. The Hall–Kier alpha value is -2.53. The Kier molecular flexibility index (Phi) is 7.31. The number of carbonyl (C=O) groups excluding carboxylic acids is 2. The van der Waals surface area contributed by atoms with Crippen molar-refractivity contribution >= 4 is 11.7 Å². The van der Waals surface area contributed by atoms with Crippen LogP contribution in [0, 0.1) is 6.92 Å². The minimum absolute atomic E-state index is 0.0219. The smallest absolute Gasteiger partial charge is 0.223 e. The monoisotopic (exact) mass is 379 g/mol. The van der Waals surface area contributed by atoms with Gasteiger partial charge in [-0.2, -0.15) is 0 Å². The molecular formula is C23H29N3O2. The zero-order valence-electron chi connectivity index (χ0n) is 16.6. The molecule has 0 radical (unpaired) electrons. The van der Waals surface area contributed by atoms with E-state index in [2.05, 4.69) is 10.3 Å². The van der Waals surface area contributed by atoms with Gasteiger partial charge < -0.3 is 10.2 Å². The van der Waals surface area contributed by atoms with Gasteiger partial charge in [-0.15, -0.1) is 0 Å². The van der Waals surface area contributed by atoms with Gasteiger partial charge in [0.25, 0.3) is 0 Å². The van der Waals surface area contributed by atoms with Gasteiger partial charge in [0.05, 0.1) is 12.2 Å². The number of pyridine rings is 1. The van der Waals surface area contributed by atoms with Crippen LogP contribution >= 0.6 is 0 Å². The summed E-state index contributed by atoms with van der Waals surface area (Å²) in [7, 11) is 0. The summed E-state index contributed by atoms with van der Waals surface area (Å²) >= 11 is 0. The molecule has 148 valence electrons. The molecule has 1 N–H and O–H groups in total. The summed E-state index contributed by atoms with van der Waals surface area (Å²) in [5.74, 6) is 0.0617. The highest BCUT2D eigenvalue weighted by molar-refractivity contribution is 5.98. The van der Waals surface area contributed by atoms with Crippen LogP contribution < -0.4 is 5.32 Å². The van der Waals surface area contributed by atoms with Gasteiger partial charge in [-0.05, 0) is 51.4 Å². The number of hydrogen-bond acceptors (Lipinski definition) is 4. The lowest BCUT2D eigenvalue weighted by atomic mass is 10.0. The number of Topliss-reactive ketones (excluding diaryl/α,β-unsaturated/α-hetero) is 1. The molecule has 1 unspecified atom stereocenters. The topological polar surface area (TPSA) is 62.3 Å². The van der Waals surface area contributed by atoms with Crippen LogP contribution in [0.15, 0.2) is 48.7 Å². The molecule has 5 heteroatoms. The predicted molar refractivity (Wildman–Crippen MR) is 110 cm³/mol. The third-order valence-corrected chi connectivity index (χ3v) is 5.30. The van der Waals surface area contributed by atoms with E-state index < -0.39 is 0 Å². The second-order valence-corrected chi connectivity index (χ2v) is 7.47. The van der Waals surface area contributed by atoms with E-state index in [9.17, 15) is 9.59 Å². The maximum Gasteiger partial charge on any atom is 0.223 e. The molecule has 2 heterocycles. The molecule has 1 aromatic carbocycles. The first-order valence-electron chi connectivity index (χ1n) is 10.1. The summed E-state index contributed by atoms with van der Waals surface area (Å²) in [6, 6.07) is 13.5. The summed E-state index contributed by atoms with van der Waals surface area (Å²) in [5, 5.41) is 3.40. The number of amides is 1. The van der Waals surface area contributed by atoms with E-state index in [1.807, 2.05) is 54.3 Å². The van der Waals surface area contributed by atoms with Gasteiger partial charge in [0.1, 0.15) is 0 Å². The number of nitrogens with one attached hydrogen (secondary N) is 1. The van der Waals surface area contributed by atoms with E-state index in [0.717, 1.165) is 43.6 Å². The van der Waals surface area contributed by atoms with Crippen molar-refractivity contribution in [3.63, 3.8) is 0 Å². The Labute approximate surface area is 167 Å². The number of carbonyl (C=O) groups is 2.